The number of thiophene rings is 1. The lowest BCUT2D eigenvalue weighted by molar-refractivity contribution is 0.0702. The Morgan fingerprint density at radius 2 is 1.90 bits per heavy atom. The monoisotopic (exact) mass is 322 g/mol. The van der Waals surface area contributed by atoms with Crippen molar-refractivity contribution in [2.24, 2.45) is 10.8 Å². The summed E-state index contributed by atoms with van der Waals surface area (Å²) in [6.45, 7) is 9.18. The van der Waals surface area contributed by atoms with E-state index in [1.165, 1.54) is 17.8 Å². The maximum atomic E-state index is 12.8. The Morgan fingerprint density at radius 1 is 1.29 bits per heavy atom. The minimum Gasteiger partial charge on any atom is -0.331 e. The van der Waals surface area contributed by atoms with Crippen LogP contribution in [-0.2, 0) is 0 Å². The van der Waals surface area contributed by atoms with Crippen molar-refractivity contribution in [2.45, 2.75) is 53.0 Å². The van der Waals surface area contributed by atoms with E-state index in [0.717, 1.165) is 23.1 Å². The highest BCUT2D eigenvalue weighted by atomic mass is 32.1. The van der Waals surface area contributed by atoms with E-state index < -0.39 is 0 Å². The van der Waals surface area contributed by atoms with Crippen molar-refractivity contribution in [3.05, 3.63) is 26.6 Å². The van der Waals surface area contributed by atoms with Gasteiger partial charge in [0.1, 0.15) is 4.70 Å². The van der Waals surface area contributed by atoms with Crippen LogP contribution >= 0.6 is 23.6 Å². The smallest absolute Gasteiger partial charge is 0.272 e. The van der Waals surface area contributed by atoms with Crippen LogP contribution in [0.3, 0.4) is 0 Å². The largest absolute Gasteiger partial charge is 0.331 e. The van der Waals surface area contributed by atoms with Gasteiger partial charge in [-0.3, -0.25) is 9.36 Å². The zero-order chi connectivity index (χ0) is 15.4. The highest BCUT2D eigenvalue weighted by Gasteiger charge is 2.39. The van der Waals surface area contributed by atoms with Gasteiger partial charge in [0, 0.05) is 6.04 Å². The molecule has 0 radical (unpaired) electrons. The molecule has 5 heteroatoms. The average Bonchev–Trinajstić information content (AvgIpc) is 2.72. The predicted molar refractivity (Wildman–Crippen MR) is 91.7 cm³/mol. The fraction of sp³-hybridized carbons (Fsp3) is 0.625. The molecule has 1 aliphatic rings. The third-order valence-electron chi connectivity index (χ3n) is 4.44. The second-order valence-electron chi connectivity index (χ2n) is 7.84. The number of fused-ring (bicyclic) bond motifs is 1. The predicted octanol–water partition coefficient (Wildman–Crippen LogP) is 4.90. The van der Waals surface area contributed by atoms with Crippen molar-refractivity contribution in [2.75, 3.05) is 0 Å². The van der Waals surface area contributed by atoms with Crippen LogP contribution in [0.15, 0.2) is 16.2 Å². The normalized spacial score (nSPS) is 21.7. The van der Waals surface area contributed by atoms with E-state index in [-0.39, 0.29) is 22.4 Å². The van der Waals surface area contributed by atoms with E-state index in [4.69, 9.17) is 12.2 Å². The quantitative estimate of drug-likeness (QED) is 0.758. The average molecular weight is 322 g/mol. The molecule has 3 nitrogen and oxygen atoms in total. The lowest BCUT2D eigenvalue weighted by Gasteiger charge is -2.45. The first-order valence-electron chi connectivity index (χ1n) is 7.41. The van der Waals surface area contributed by atoms with Crippen molar-refractivity contribution < 1.29 is 0 Å². The highest BCUT2D eigenvalue weighted by Crippen LogP contribution is 2.49. The number of nitrogens with one attached hydrogen (secondary N) is 1. The fourth-order valence-corrected chi connectivity index (χ4v) is 5.38. The molecule has 0 atom stereocenters. The van der Waals surface area contributed by atoms with Gasteiger partial charge in [-0.1, -0.05) is 27.7 Å². The standard InChI is InChI=1S/C16H22N2OS2/c1-15(2)7-10(8-16(3,4)9-15)18-13(19)12-11(5-6-21-12)17-14(18)20/h5-6,10H,7-9H2,1-4H3,(H,17,20). The summed E-state index contributed by atoms with van der Waals surface area (Å²) in [7, 11) is 0. The van der Waals surface area contributed by atoms with Crippen LogP contribution in [0.4, 0.5) is 0 Å². The summed E-state index contributed by atoms with van der Waals surface area (Å²) in [6, 6.07) is 2.11. The van der Waals surface area contributed by atoms with Crippen molar-refractivity contribution >= 4 is 33.8 Å². The van der Waals surface area contributed by atoms with Gasteiger partial charge in [0.25, 0.3) is 5.56 Å². The molecular formula is C16H22N2OS2. The van der Waals surface area contributed by atoms with Gasteiger partial charge in [0.05, 0.1) is 5.52 Å². The van der Waals surface area contributed by atoms with Crippen LogP contribution in [0.25, 0.3) is 10.2 Å². The van der Waals surface area contributed by atoms with Gasteiger partial charge in [0.2, 0.25) is 0 Å². The Labute approximate surface area is 134 Å². The van der Waals surface area contributed by atoms with Crippen molar-refractivity contribution in [1.29, 1.82) is 0 Å². The van der Waals surface area contributed by atoms with Crippen molar-refractivity contribution in [1.82, 2.24) is 9.55 Å². The van der Waals surface area contributed by atoms with E-state index in [0.29, 0.717) is 4.77 Å². The van der Waals surface area contributed by atoms with E-state index in [1.807, 2.05) is 16.0 Å². The van der Waals surface area contributed by atoms with Crippen molar-refractivity contribution in [3.63, 3.8) is 0 Å². The zero-order valence-electron chi connectivity index (χ0n) is 13.0. The number of aromatic amines is 1. The summed E-state index contributed by atoms with van der Waals surface area (Å²) < 4.78 is 3.17. The molecule has 114 valence electrons. The Morgan fingerprint density at radius 3 is 2.52 bits per heavy atom. The summed E-state index contributed by atoms with van der Waals surface area (Å²) in [4.78, 5) is 16.0. The molecule has 1 fully saturated rings. The second-order valence-corrected chi connectivity index (χ2v) is 9.14. The molecule has 2 aromatic rings. The van der Waals surface area contributed by atoms with Crippen LogP contribution < -0.4 is 5.56 Å². The van der Waals surface area contributed by atoms with Gasteiger partial charge in [-0.05, 0) is 53.8 Å². The van der Waals surface area contributed by atoms with Gasteiger partial charge in [-0.15, -0.1) is 11.3 Å². The summed E-state index contributed by atoms with van der Waals surface area (Å²) in [5.74, 6) is 0. The third-order valence-corrected chi connectivity index (χ3v) is 5.64. The number of hydrogen-bond acceptors (Lipinski definition) is 3. The number of hydrogen-bond donors (Lipinski definition) is 1. The third kappa shape index (κ3) is 2.73. The fourth-order valence-electron chi connectivity index (χ4n) is 4.25. The number of aromatic nitrogens is 2. The molecule has 0 aromatic carbocycles. The molecule has 1 saturated carbocycles. The molecule has 2 heterocycles. The minimum absolute atomic E-state index is 0.0715. The summed E-state index contributed by atoms with van der Waals surface area (Å²) >= 11 is 6.97. The topological polar surface area (TPSA) is 37.8 Å². The summed E-state index contributed by atoms with van der Waals surface area (Å²) in [5.41, 5.74) is 1.40. The maximum Gasteiger partial charge on any atom is 0.272 e. The number of nitrogens with zero attached hydrogens (tertiary/aromatic N) is 1. The minimum atomic E-state index is 0.0715. The molecule has 1 aliphatic carbocycles. The van der Waals surface area contributed by atoms with Crippen molar-refractivity contribution in [3.8, 4) is 0 Å². The highest BCUT2D eigenvalue weighted by molar-refractivity contribution is 7.71. The van der Waals surface area contributed by atoms with Gasteiger partial charge in [0.15, 0.2) is 4.77 Å². The molecule has 0 aliphatic heterocycles. The summed E-state index contributed by atoms with van der Waals surface area (Å²) in [5, 5.41) is 1.94. The Bertz CT molecular complexity index is 778. The van der Waals surface area contributed by atoms with E-state index in [1.54, 1.807) is 0 Å². The van der Waals surface area contributed by atoms with Crippen LogP contribution in [0.5, 0.6) is 0 Å². The molecule has 3 rings (SSSR count). The maximum absolute atomic E-state index is 12.8. The molecular weight excluding hydrogens is 300 g/mol. The molecule has 0 amide bonds. The number of rotatable bonds is 1. The first-order valence-corrected chi connectivity index (χ1v) is 8.69. The zero-order valence-corrected chi connectivity index (χ0v) is 14.7. The Hall–Kier alpha value is -0.940. The molecule has 0 unspecified atom stereocenters. The van der Waals surface area contributed by atoms with E-state index >= 15 is 0 Å². The van der Waals surface area contributed by atoms with Crippen LogP contribution in [-0.4, -0.2) is 9.55 Å². The van der Waals surface area contributed by atoms with Crippen LogP contribution in [0, 0.1) is 15.6 Å². The number of H-pyrrole nitrogens is 1. The molecule has 1 N–H and O–H groups in total. The molecule has 0 saturated heterocycles. The summed E-state index contributed by atoms with van der Waals surface area (Å²) in [6.07, 6.45) is 3.19. The lowest BCUT2D eigenvalue weighted by atomic mass is 9.63. The molecule has 2 aromatic heterocycles. The van der Waals surface area contributed by atoms with Gasteiger partial charge >= 0.3 is 0 Å². The second kappa shape index (κ2) is 4.78. The Balaban J connectivity index is 2.16. The first kappa shape index (κ1) is 15.0. The Kier molecular flexibility index (Phi) is 3.41. The first-order chi connectivity index (χ1) is 9.69. The molecule has 21 heavy (non-hydrogen) atoms. The SMILES string of the molecule is CC1(C)CC(n2c(=S)[nH]c3ccsc3c2=O)CC(C)(C)C1. The van der Waals surface area contributed by atoms with Gasteiger partial charge < -0.3 is 4.98 Å². The van der Waals surface area contributed by atoms with Gasteiger partial charge in [-0.2, -0.15) is 0 Å². The lowest BCUT2D eigenvalue weighted by Crippen LogP contribution is -2.38. The molecule has 0 bridgehead atoms. The van der Waals surface area contributed by atoms with Gasteiger partial charge in [-0.25, -0.2) is 0 Å². The van der Waals surface area contributed by atoms with Crippen LogP contribution in [0.2, 0.25) is 0 Å². The van der Waals surface area contributed by atoms with E-state index in [2.05, 4.69) is 32.7 Å². The molecule has 0 spiro atoms. The van der Waals surface area contributed by atoms with Crippen LogP contribution in [0.1, 0.15) is 53.0 Å². The van der Waals surface area contributed by atoms with E-state index in [9.17, 15) is 4.79 Å².